The second-order valence-electron chi connectivity index (χ2n) is 6.17. The van der Waals surface area contributed by atoms with Gasteiger partial charge in [-0.2, -0.15) is 0 Å². The summed E-state index contributed by atoms with van der Waals surface area (Å²) in [5, 5.41) is 0. The maximum Gasteiger partial charge on any atom is 0.229 e. The van der Waals surface area contributed by atoms with Crippen molar-refractivity contribution in [3.8, 4) is 5.75 Å². The average Bonchev–Trinajstić information content (AvgIpc) is 2.78. The highest BCUT2D eigenvalue weighted by Gasteiger charge is 2.46. The standard InChI is InChI=1S/C17H23NO2/c1-20-15-7-5-14(6-8-15)13-18-12-11-17(16(18)19)9-3-2-4-10-17/h5-8H,2-4,9-13H2,1H3. The third-order valence-electron chi connectivity index (χ3n) is 4.94. The predicted octanol–water partition coefficient (Wildman–Crippen LogP) is 3.38. The molecule has 0 radical (unpaired) electrons. The molecule has 1 aromatic carbocycles. The molecule has 1 saturated carbocycles. The lowest BCUT2D eigenvalue weighted by molar-refractivity contribution is -0.138. The van der Waals surface area contributed by atoms with Crippen LogP contribution in [0.3, 0.4) is 0 Å². The van der Waals surface area contributed by atoms with Gasteiger partial charge in [-0.25, -0.2) is 0 Å². The van der Waals surface area contributed by atoms with Gasteiger partial charge in [0.25, 0.3) is 0 Å². The zero-order chi connectivity index (χ0) is 14.0. The summed E-state index contributed by atoms with van der Waals surface area (Å²) < 4.78 is 5.17. The molecular weight excluding hydrogens is 250 g/mol. The van der Waals surface area contributed by atoms with Gasteiger partial charge in [0.2, 0.25) is 5.91 Å². The van der Waals surface area contributed by atoms with E-state index in [4.69, 9.17) is 4.74 Å². The minimum atomic E-state index is -0.00921. The van der Waals surface area contributed by atoms with Crippen molar-refractivity contribution in [2.24, 2.45) is 5.41 Å². The molecule has 3 rings (SSSR count). The van der Waals surface area contributed by atoms with Crippen LogP contribution in [0, 0.1) is 5.41 Å². The average molecular weight is 273 g/mol. The Labute approximate surface area is 120 Å². The molecule has 2 aliphatic rings. The molecule has 3 heteroatoms. The molecular formula is C17H23NO2. The van der Waals surface area contributed by atoms with Gasteiger partial charge in [-0.1, -0.05) is 31.4 Å². The molecule has 1 spiro atoms. The van der Waals surface area contributed by atoms with Crippen LogP contribution in [-0.4, -0.2) is 24.5 Å². The van der Waals surface area contributed by atoms with Gasteiger partial charge >= 0.3 is 0 Å². The summed E-state index contributed by atoms with van der Waals surface area (Å²) in [6.07, 6.45) is 7.01. The normalized spacial score (nSPS) is 21.4. The SMILES string of the molecule is COc1ccc(CN2CCC3(CCCCC3)C2=O)cc1. The Morgan fingerprint density at radius 2 is 1.80 bits per heavy atom. The molecule has 0 N–H and O–H groups in total. The third kappa shape index (κ3) is 2.41. The second kappa shape index (κ2) is 5.47. The zero-order valence-corrected chi connectivity index (χ0v) is 12.2. The Morgan fingerprint density at radius 3 is 2.45 bits per heavy atom. The van der Waals surface area contributed by atoms with E-state index in [0.717, 1.165) is 38.1 Å². The van der Waals surface area contributed by atoms with Crippen LogP contribution in [0.4, 0.5) is 0 Å². The van der Waals surface area contributed by atoms with E-state index >= 15 is 0 Å². The van der Waals surface area contributed by atoms with E-state index in [1.54, 1.807) is 7.11 Å². The number of hydrogen-bond donors (Lipinski definition) is 0. The number of likely N-dealkylation sites (tertiary alicyclic amines) is 1. The maximum absolute atomic E-state index is 12.7. The van der Waals surface area contributed by atoms with Crippen LogP contribution < -0.4 is 4.74 Å². The van der Waals surface area contributed by atoms with Gasteiger partial charge in [0.1, 0.15) is 5.75 Å². The summed E-state index contributed by atoms with van der Waals surface area (Å²) in [5.41, 5.74) is 1.18. The van der Waals surface area contributed by atoms with E-state index in [0.29, 0.717) is 5.91 Å². The highest BCUT2D eigenvalue weighted by atomic mass is 16.5. The first-order valence-corrected chi connectivity index (χ1v) is 7.66. The van der Waals surface area contributed by atoms with Crippen molar-refractivity contribution in [1.29, 1.82) is 0 Å². The molecule has 20 heavy (non-hydrogen) atoms. The number of rotatable bonds is 3. The highest BCUT2D eigenvalue weighted by Crippen LogP contribution is 2.45. The van der Waals surface area contributed by atoms with E-state index < -0.39 is 0 Å². The summed E-state index contributed by atoms with van der Waals surface area (Å²) in [6, 6.07) is 8.04. The fourth-order valence-corrected chi connectivity index (χ4v) is 3.69. The second-order valence-corrected chi connectivity index (χ2v) is 6.17. The van der Waals surface area contributed by atoms with Gasteiger partial charge < -0.3 is 9.64 Å². The van der Waals surface area contributed by atoms with Crippen molar-refractivity contribution >= 4 is 5.91 Å². The van der Waals surface area contributed by atoms with Crippen LogP contribution in [0.15, 0.2) is 24.3 Å². The van der Waals surface area contributed by atoms with E-state index in [-0.39, 0.29) is 5.41 Å². The van der Waals surface area contributed by atoms with Crippen LogP contribution in [-0.2, 0) is 11.3 Å². The Morgan fingerprint density at radius 1 is 1.10 bits per heavy atom. The molecule has 1 amide bonds. The molecule has 1 aromatic rings. The van der Waals surface area contributed by atoms with Gasteiger partial charge in [-0.15, -0.1) is 0 Å². The Kier molecular flexibility index (Phi) is 3.68. The van der Waals surface area contributed by atoms with Gasteiger partial charge in [-0.3, -0.25) is 4.79 Å². The van der Waals surface area contributed by atoms with Gasteiger partial charge in [0.15, 0.2) is 0 Å². The Hall–Kier alpha value is -1.51. The Bertz CT molecular complexity index is 474. The van der Waals surface area contributed by atoms with E-state index in [1.807, 2.05) is 17.0 Å². The van der Waals surface area contributed by atoms with Crippen molar-refractivity contribution in [2.75, 3.05) is 13.7 Å². The third-order valence-corrected chi connectivity index (χ3v) is 4.94. The Balaban J connectivity index is 1.67. The molecule has 1 saturated heterocycles. The molecule has 3 nitrogen and oxygen atoms in total. The summed E-state index contributed by atoms with van der Waals surface area (Å²) in [4.78, 5) is 14.8. The topological polar surface area (TPSA) is 29.5 Å². The first-order valence-electron chi connectivity index (χ1n) is 7.66. The summed E-state index contributed by atoms with van der Waals surface area (Å²) in [6.45, 7) is 1.66. The van der Waals surface area contributed by atoms with Crippen LogP contribution in [0.2, 0.25) is 0 Å². The minimum Gasteiger partial charge on any atom is -0.497 e. The molecule has 0 bridgehead atoms. The molecule has 0 aromatic heterocycles. The van der Waals surface area contributed by atoms with Crippen LogP contribution in [0.5, 0.6) is 5.75 Å². The van der Waals surface area contributed by atoms with E-state index in [9.17, 15) is 4.79 Å². The van der Waals surface area contributed by atoms with Crippen molar-refractivity contribution in [3.05, 3.63) is 29.8 Å². The molecule has 1 aliphatic heterocycles. The van der Waals surface area contributed by atoms with Crippen molar-refractivity contribution < 1.29 is 9.53 Å². The van der Waals surface area contributed by atoms with Gasteiger partial charge in [0, 0.05) is 13.1 Å². The minimum absolute atomic E-state index is 0.00921. The lowest BCUT2D eigenvalue weighted by Gasteiger charge is -2.31. The molecule has 0 atom stereocenters. The molecule has 108 valence electrons. The number of hydrogen-bond acceptors (Lipinski definition) is 2. The number of ether oxygens (including phenoxy) is 1. The number of amides is 1. The monoisotopic (exact) mass is 273 g/mol. The molecule has 0 unspecified atom stereocenters. The number of carbonyl (C=O) groups is 1. The fraction of sp³-hybridized carbons (Fsp3) is 0.588. The molecule has 1 aliphatic carbocycles. The van der Waals surface area contributed by atoms with E-state index in [1.165, 1.54) is 24.8 Å². The summed E-state index contributed by atoms with van der Waals surface area (Å²) in [7, 11) is 1.67. The van der Waals surface area contributed by atoms with Gasteiger partial charge in [-0.05, 0) is 37.0 Å². The van der Waals surface area contributed by atoms with Crippen LogP contribution >= 0.6 is 0 Å². The zero-order valence-electron chi connectivity index (χ0n) is 12.2. The van der Waals surface area contributed by atoms with Gasteiger partial charge in [0.05, 0.1) is 12.5 Å². The number of carbonyl (C=O) groups excluding carboxylic acids is 1. The van der Waals surface area contributed by atoms with Crippen LogP contribution in [0.1, 0.15) is 44.1 Å². The molecule has 1 heterocycles. The lowest BCUT2D eigenvalue weighted by Crippen LogP contribution is -2.35. The van der Waals surface area contributed by atoms with Crippen molar-refractivity contribution in [1.82, 2.24) is 4.90 Å². The van der Waals surface area contributed by atoms with Crippen LogP contribution in [0.25, 0.3) is 0 Å². The number of benzene rings is 1. The largest absolute Gasteiger partial charge is 0.497 e. The fourth-order valence-electron chi connectivity index (χ4n) is 3.69. The highest BCUT2D eigenvalue weighted by molar-refractivity contribution is 5.84. The van der Waals surface area contributed by atoms with Crippen molar-refractivity contribution in [2.45, 2.75) is 45.1 Å². The van der Waals surface area contributed by atoms with E-state index in [2.05, 4.69) is 12.1 Å². The number of methoxy groups -OCH3 is 1. The summed E-state index contributed by atoms with van der Waals surface area (Å²) >= 11 is 0. The first-order chi connectivity index (χ1) is 9.73. The maximum atomic E-state index is 12.7. The van der Waals surface area contributed by atoms with Crippen molar-refractivity contribution in [3.63, 3.8) is 0 Å². The first kappa shape index (κ1) is 13.5. The quantitative estimate of drug-likeness (QED) is 0.845. The predicted molar refractivity (Wildman–Crippen MR) is 78.5 cm³/mol. The summed E-state index contributed by atoms with van der Waals surface area (Å²) in [5.74, 6) is 1.26. The lowest BCUT2D eigenvalue weighted by atomic mass is 9.73. The smallest absolute Gasteiger partial charge is 0.229 e. The number of nitrogens with zero attached hydrogens (tertiary/aromatic N) is 1. The molecule has 2 fully saturated rings.